The Hall–Kier alpha value is -0.860. The summed E-state index contributed by atoms with van der Waals surface area (Å²) >= 11 is 1.81. The zero-order valence-corrected chi connectivity index (χ0v) is 8.42. The van der Waals surface area contributed by atoms with Crippen LogP contribution in [0.5, 0.6) is 0 Å². The van der Waals surface area contributed by atoms with Gasteiger partial charge in [0, 0.05) is 12.2 Å². The molecule has 0 saturated heterocycles. The Kier molecular flexibility index (Phi) is 8.62. The van der Waals surface area contributed by atoms with Crippen molar-refractivity contribution in [3.63, 3.8) is 0 Å². The zero-order valence-electron chi connectivity index (χ0n) is 7.61. The number of carbonyl (C=O) groups excluding carboxylic acids is 1. The van der Waals surface area contributed by atoms with Crippen molar-refractivity contribution in [1.29, 1.82) is 0 Å². The molecule has 0 radical (unpaired) electrons. The molecule has 4 heteroatoms. The van der Waals surface area contributed by atoms with Crippen molar-refractivity contribution in [1.82, 2.24) is 0 Å². The van der Waals surface area contributed by atoms with Crippen molar-refractivity contribution in [2.45, 2.75) is 19.3 Å². The highest BCUT2D eigenvalue weighted by molar-refractivity contribution is 7.99. The van der Waals surface area contributed by atoms with Crippen molar-refractivity contribution in [3.8, 4) is 0 Å². The molecule has 0 spiro atoms. The first kappa shape index (κ1) is 12.1. The van der Waals surface area contributed by atoms with E-state index in [1.165, 1.54) is 0 Å². The van der Waals surface area contributed by atoms with Gasteiger partial charge in [-0.3, -0.25) is 4.79 Å². The van der Waals surface area contributed by atoms with Crippen LogP contribution in [-0.4, -0.2) is 28.3 Å². The van der Waals surface area contributed by atoms with E-state index in [4.69, 9.17) is 5.53 Å². The summed E-state index contributed by atoms with van der Waals surface area (Å²) in [7, 11) is 0. The Morgan fingerprint density at radius 1 is 1.54 bits per heavy atom. The highest BCUT2D eigenvalue weighted by Crippen LogP contribution is 2.05. The van der Waals surface area contributed by atoms with E-state index in [9.17, 15) is 4.79 Å². The summed E-state index contributed by atoms with van der Waals surface area (Å²) in [5.41, 5.74) is 8.04. The number of carbonyl (C=O) groups is 1. The van der Waals surface area contributed by atoms with Gasteiger partial charge in [-0.15, -0.1) is 6.58 Å². The summed E-state index contributed by atoms with van der Waals surface area (Å²) in [6, 6.07) is 0. The van der Waals surface area contributed by atoms with Gasteiger partial charge in [-0.05, 0) is 18.6 Å². The monoisotopic (exact) mass is 198 g/mol. The Balaban J connectivity index is 3.20. The lowest BCUT2D eigenvalue weighted by molar-refractivity contribution is -0.116. The van der Waals surface area contributed by atoms with Crippen LogP contribution < -0.4 is 0 Å². The molecule has 3 nitrogen and oxygen atoms in total. The van der Waals surface area contributed by atoms with E-state index >= 15 is 0 Å². The fourth-order valence-electron chi connectivity index (χ4n) is 0.799. The second kappa shape index (κ2) is 9.23. The van der Waals surface area contributed by atoms with Crippen molar-refractivity contribution in [3.05, 3.63) is 18.2 Å². The van der Waals surface area contributed by atoms with Gasteiger partial charge in [0.1, 0.15) is 0 Å². The quantitative estimate of drug-likeness (QED) is 0.197. The topological polar surface area (TPSA) is 53.5 Å². The second-order valence-corrected chi connectivity index (χ2v) is 3.68. The number of ketones is 1. The first-order valence-corrected chi connectivity index (χ1v) is 5.35. The summed E-state index contributed by atoms with van der Waals surface area (Å²) in [6.07, 6.45) is 5.17. The van der Waals surface area contributed by atoms with Crippen LogP contribution in [0.15, 0.2) is 12.7 Å². The number of rotatable bonds is 8. The van der Waals surface area contributed by atoms with Gasteiger partial charge in [0.2, 0.25) is 5.78 Å². The number of Topliss-reactive ketones (excluding diaryl/α,β-unsaturated/α-hetero) is 1. The van der Waals surface area contributed by atoms with Crippen molar-refractivity contribution in [2.75, 3.05) is 11.5 Å². The maximum atomic E-state index is 10.8. The van der Waals surface area contributed by atoms with Gasteiger partial charge >= 0.3 is 6.21 Å². The van der Waals surface area contributed by atoms with Crippen LogP contribution in [0.2, 0.25) is 0 Å². The van der Waals surface area contributed by atoms with Gasteiger partial charge in [0.15, 0.2) is 0 Å². The summed E-state index contributed by atoms with van der Waals surface area (Å²) in [5.74, 6) is 1.90. The van der Waals surface area contributed by atoms with Crippen LogP contribution in [0.4, 0.5) is 0 Å². The minimum absolute atomic E-state index is 0.115. The number of thioether (sulfide) groups is 1. The molecule has 13 heavy (non-hydrogen) atoms. The van der Waals surface area contributed by atoms with E-state index in [0.717, 1.165) is 30.6 Å². The van der Waals surface area contributed by atoms with Crippen LogP contribution in [0.25, 0.3) is 5.53 Å². The highest BCUT2D eigenvalue weighted by Gasteiger charge is 2.00. The molecule has 0 aromatic carbocycles. The van der Waals surface area contributed by atoms with Crippen molar-refractivity contribution in [2.24, 2.45) is 0 Å². The fourth-order valence-corrected chi connectivity index (χ4v) is 1.54. The largest absolute Gasteiger partial charge is 0.361 e. The van der Waals surface area contributed by atoms with E-state index in [0.29, 0.717) is 6.42 Å². The molecule has 0 aromatic rings. The van der Waals surface area contributed by atoms with Gasteiger partial charge in [-0.25, -0.2) is 0 Å². The van der Waals surface area contributed by atoms with E-state index < -0.39 is 0 Å². The maximum absolute atomic E-state index is 10.8. The number of hydrogen-bond donors (Lipinski definition) is 0. The van der Waals surface area contributed by atoms with E-state index in [1.54, 1.807) is 11.8 Å². The minimum atomic E-state index is -0.115. The first-order chi connectivity index (χ1) is 6.31. The third kappa shape index (κ3) is 9.05. The molecule has 0 aliphatic heterocycles. The van der Waals surface area contributed by atoms with Gasteiger partial charge in [0.05, 0.1) is 0 Å². The lowest BCUT2D eigenvalue weighted by Crippen LogP contribution is -1.99. The van der Waals surface area contributed by atoms with Gasteiger partial charge in [-0.2, -0.15) is 16.6 Å². The van der Waals surface area contributed by atoms with E-state index in [-0.39, 0.29) is 5.78 Å². The third-order valence-electron chi connectivity index (χ3n) is 1.40. The SMILES string of the molecule is C=CCSCCCCC(=O)C=[N+]=[N-]. The molecule has 0 bridgehead atoms. The molecule has 0 atom stereocenters. The normalized spacial score (nSPS) is 8.92. The summed E-state index contributed by atoms with van der Waals surface area (Å²) in [4.78, 5) is 13.5. The third-order valence-corrected chi connectivity index (χ3v) is 2.45. The molecule has 0 aliphatic carbocycles. The molecule has 0 saturated carbocycles. The fraction of sp³-hybridized carbons (Fsp3) is 0.556. The van der Waals surface area contributed by atoms with Crippen LogP contribution in [0.3, 0.4) is 0 Å². The highest BCUT2D eigenvalue weighted by atomic mass is 32.2. The van der Waals surface area contributed by atoms with Gasteiger partial charge < -0.3 is 5.53 Å². The molecule has 0 rings (SSSR count). The van der Waals surface area contributed by atoms with Gasteiger partial charge in [-0.1, -0.05) is 6.08 Å². The van der Waals surface area contributed by atoms with Crippen LogP contribution in [0.1, 0.15) is 19.3 Å². The average Bonchev–Trinajstić information content (AvgIpc) is 2.11. The molecule has 72 valence electrons. The molecule has 0 aromatic heterocycles. The molecule has 0 unspecified atom stereocenters. The van der Waals surface area contributed by atoms with Crippen molar-refractivity contribution >= 4 is 23.8 Å². The Morgan fingerprint density at radius 3 is 2.92 bits per heavy atom. The molecule has 0 fully saturated rings. The molecule has 0 N–H and O–H groups in total. The average molecular weight is 198 g/mol. The molecule has 0 heterocycles. The zero-order chi connectivity index (χ0) is 9.94. The lowest BCUT2D eigenvalue weighted by atomic mass is 10.2. The van der Waals surface area contributed by atoms with Crippen molar-refractivity contribution < 1.29 is 9.58 Å². The Bertz CT molecular complexity index is 210. The smallest absolute Gasteiger partial charge is 0.323 e. The Morgan fingerprint density at radius 2 is 2.31 bits per heavy atom. The van der Waals surface area contributed by atoms with Crippen LogP contribution >= 0.6 is 11.8 Å². The van der Waals surface area contributed by atoms with Gasteiger partial charge in [0.25, 0.3) is 0 Å². The molecular weight excluding hydrogens is 184 g/mol. The predicted octanol–water partition coefficient (Wildman–Crippen LogP) is 1.95. The molecular formula is C9H14N2OS. The molecule has 0 amide bonds. The lowest BCUT2D eigenvalue weighted by Gasteiger charge is -1.95. The minimum Gasteiger partial charge on any atom is -0.361 e. The maximum Gasteiger partial charge on any atom is 0.323 e. The summed E-state index contributed by atoms with van der Waals surface area (Å²) in [5, 5.41) is 0. The number of unbranched alkanes of at least 4 members (excludes halogenated alkanes) is 1. The summed E-state index contributed by atoms with van der Waals surface area (Å²) < 4.78 is 0. The predicted molar refractivity (Wildman–Crippen MR) is 56.1 cm³/mol. The van der Waals surface area contributed by atoms with Crippen LogP contribution in [-0.2, 0) is 4.79 Å². The van der Waals surface area contributed by atoms with Crippen LogP contribution in [0, 0.1) is 0 Å². The van der Waals surface area contributed by atoms with E-state index in [1.807, 2.05) is 6.08 Å². The van der Waals surface area contributed by atoms with E-state index in [2.05, 4.69) is 11.4 Å². The Labute approximate surface area is 82.8 Å². The first-order valence-electron chi connectivity index (χ1n) is 4.20. The summed E-state index contributed by atoms with van der Waals surface area (Å²) in [6.45, 7) is 3.61. The molecule has 0 aliphatic rings. The number of hydrogen-bond acceptors (Lipinski definition) is 2. The number of nitrogens with zero attached hydrogens (tertiary/aromatic N) is 2. The standard InChI is InChI=1S/C9H14N2OS/c1-2-6-13-7-4-3-5-9(12)8-11-10/h2,8H,1,3-7H2. The second-order valence-electron chi connectivity index (χ2n) is 2.53.